The van der Waals surface area contributed by atoms with Gasteiger partial charge in [0.15, 0.2) is 0 Å². The highest BCUT2D eigenvalue weighted by Gasteiger charge is 2.40. The average Bonchev–Trinajstić information content (AvgIpc) is 1.87. The van der Waals surface area contributed by atoms with Gasteiger partial charge in [-0.3, -0.25) is 0 Å². The van der Waals surface area contributed by atoms with Crippen LogP contribution in [0.4, 0.5) is 8.78 Å². The molecule has 76 valence electrons. The lowest BCUT2D eigenvalue weighted by Gasteiger charge is -2.30. The van der Waals surface area contributed by atoms with Gasteiger partial charge < -0.3 is 11.1 Å². The minimum absolute atomic E-state index is 0. The van der Waals surface area contributed by atoms with Crippen LogP contribution >= 0.6 is 24.8 Å². The summed E-state index contributed by atoms with van der Waals surface area (Å²) in [6.45, 7) is 0.543. The van der Waals surface area contributed by atoms with Crippen molar-refractivity contribution in [3.8, 4) is 0 Å². The molecule has 0 aromatic rings. The second-order valence-electron chi connectivity index (χ2n) is 2.66. The van der Waals surface area contributed by atoms with E-state index in [0.717, 1.165) is 0 Å². The smallest absolute Gasteiger partial charge is 0.264 e. The fourth-order valence-corrected chi connectivity index (χ4v) is 1.18. The molecule has 1 fully saturated rings. The Morgan fingerprint density at radius 2 is 2.00 bits per heavy atom. The monoisotopic (exact) mass is 222 g/mol. The molecule has 0 aromatic carbocycles. The van der Waals surface area contributed by atoms with E-state index in [-0.39, 0.29) is 37.9 Å². The zero-order valence-electron chi connectivity index (χ0n) is 6.56. The van der Waals surface area contributed by atoms with E-state index in [1.807, 2.05) is 0 Å². The van der Waals surface area contributed by atoms with Crippen molar-refractivity contribution >= 4 is 24.8 Å². The van der Waals surface area contributed by atoms with Gasteiger partial charge in [0.25, 0.3) is 5.92 Å². The molecule has 1 rings (SSSR count). The summed E-state index contributed by atoms with van der Waals surface area (Å²) in [4.78, 5) is 0. The first kappa shape index (κ1) is 14.9. The molecule has 0 spiro atoms. The van der Waals surface area contributed by atoms with Crippen LogP contribution in [0.5, 0.6) is 0 Å². The molecule has 3 N–H and O–H groups in total. The Labute approximate surface area is 83.1 Å². The Balaban J connectivity index is 0. The van der Waals surface area contributed by atoms with Crippen LogP contribution in [0, 0.1) is 5.92 Å². The van der Waals surface area contributed by atoms with Gasteiger partial charge in [-0.1, -0.05) is 0 Å². The van der Waals surface area contributed by atoms with Gasteiger partial charge in [0.05, 0.1) is 6.54 Å². The number of rotatable bonds is 1. The fraction of sp³-hybridized carbons (Fsp3) is 1.00. The first-order valence-corrected chi connectivity index (χ1v) is 3.45. The Morgan fingerprint density at radius 1 is 1.42 bits per heavy atom. The number of nitrogens with two attached hydrogens (primary N) is 1. The van der Waals surface area contributed by atoms with E-state index in [0.29, 0.717) is 13.0 Å². The molecule has 1 saturated heterocycles. The van der Waals surface area contributed by atoms with E-state index in [4.69, 9.17) is 5.73 Å². The minimum Gasteiger partial charge on any atom is -0.330 e. The molecular formula is C6H14Cl2F2N2. The maximum atomic E-state index is 12.7. The van der Waals surface area contributed by atoms with Crippen LogP contribution in [-0.2, 0) is 0 Å². The highest BCUT2D eigenvalue weighted by Crippen LogP contribution is 2.27. The van der Waals surface area contributed by atoms with Gasteiger partial charge in [0.2, 0.25) is 0 Å². The average molecular weight is 223 g/mol. The van der Waals surface area contributed by atoms with Gasteiger partial charge in [0.1, 0.15) is 0 Å². The van der Waals surface area contributed by atoms with Crippen LogP contribution in [0.3, 0.4) is 0 Å². The lowest BCUT2D eigenvalue weighted by molar-refractivity contribution is -0.0692. The van der Waals surface area contributed by atoms with E-state index < -0.39 is 11.8 Å². The maximum Gasteiger partial charge on any atom is 0.264 e. The van der Waals surface area contributed by atoms with Crippen molar-refractivity contribution in [3.63, 3.8) is 0 Å². The Kier molecular flexibility index (Phi) is 7.32. The molecule has 0 radical (unpaired) electrons. The third-order valence-electron chi connectivity index (χ3n) is 1.91. The van der Waals surface area contributed by atoms with Gasteiger partial charge in [-0.05, 0) is 13.0 Å². The maximum absolute atomic E-state index is 12.7. The summed E-state index contributed by atoms with van der Waals surface area (Å²) in [5.74, 6) is -3.21. The largest absolute Gasteiger partial charge is 0.330 e. The van der Waals surface area contributed by atoms with Crippen molar-refractivity contribution in [2.24, 2.45) is 11.7 Å². The van der Waals surface area contributed by atoms with Gasteiger partial charge in [-0.25, -0.2) is 8.78 Å². The van der Waals surface area contributed by atoms with Crippen LogP contribution < -0.4 is 11.1 Å². The summed E-state index contributed by atoms with van der Waals surface area (Å²) >= 11 is 0. The van der Waals surface area contributed by atoms with Crippen molar-refractivity contribution in [2.75, 3.05) is 19.6 Å². The summed E-state index contributed by atoms with van der Waals surface area (Å²) in [6, 6.07) is 0. The number of hydrogen-bond acceptors (Lipinski definition) is 2. The lowest BCUT2D eigenvalue weighted by Crippen LogP contribution is -2.48. The molecule has 1 aliphatic rings. The molecule has 1 heterocycles. The molecule has 0 amide bonds. The lowest BCUT2D eigenvalue weighted by atomic mass is 9.94. The van der Waals surface area contributed by atoms with E-state index in [1.54, 1.807) is 0 Å². The number of nitrogens with one attached hydrogen (secondary N) is 1. The van der Waals surface area contributed by atoms with Crippen LogP contribution in [0.25, 0.3) is 0 Å². The number of halogens is 4. The zero-order chi connectivity index (χ0) is 7.61. The standard InChI is InChI=1S/C6H12F2N2.2ClH/c7-6(8)4-10-2-1-5(6)3-9;;/h5,10H,1-4,9H2;2*1H. The molecule has 6 heteroatoms. The summed E-state index contributed by atoms with van der Waals surface area (Å²) in [5.41, 5.74) is 5.17. The van der Waals surface area contributed by atoms with E-state index >= 15 is 0 Å². The molecule has 0 aliphatic carbocycles. The van der Waals surface area contributed by atoms with Crippen LogP contribution in [0.2, 0.25) is 0 Å². The van der Waals surface area contributed by atoms with Gasteiger partial charge in [-0.15, -0.1) is 24.8 Å². The highest BCUT2D eigenvalue weighted by molar-refractivity contribution is 5.85. The van der Waals surface area contributed by atoms with Gasteiger partial charge >= 0.3 is 0 Å². The molecule has 1 aliphatic heterocycles. The van der Waals surface area contributed by atoms with E-state index in [9.17, 15) is 8.78 Å². The van der Waals surface area contributed by atoms with Crippen molar-refractivity contribution in [1.82, 2.24) is 5.32 Å². The molecule has 1 atom stereocenters. The third-order valence-corrected chi connectivity index (χ3v) is 1.91. The van der Waals surface area contributed by atoms with E-state index in [1.165, 1.54) is 0 Å². The summed E-state index contributed by atoms with van der Waals surface area (Å²) in [6.07, 6.45) is 0.490. The molecule has 12 heavy (non-hydrogen) atoms. The Hall–Kier alpha value is 0.360. The first-order valence-electron chi connectivity index (χ1n) is 3.45. The van der Waals surface area contributed by atoms with Gasteiger partial charge in [0, 0.05) is 12.5 Å². The van der Waals surface area contributed by atoms with Crippen molar-refractivity contribution in [1.29, 1.82) is 0 Å². The predicted octanol–water partition coefficient (Wildman–Crippen LogP) is 1.03. The second-order valence-corrected chi connectivity index (χ2v) is 2.66. The highest BCUT2D eigenvalue weighted by atomic mass is 35.5. The van der Waals surface area contributed by atoms with Crippen LogP contribution in [0.15, 0.2) is 0 Å². The number of hydrogen-bond donors (Lipinski definition) is 2. The van der Waals surface area contributed by atoms with Gasteiger partial charge in [-0.2, -0.15) is 0 Å². The van der Waals surface area contributed by atoms with Crippen molar-refractivity contribution < 1.29 is 8.78 Å². The third kappa shape index (κ3) is 3.39. The van der Waals surface area contributed by atoms with Crippen LogP contribution in [-0.4, -0.2) is 25.6 Å². The SMILES string of the molecule is Cl.Cl.NCC1CCNCC1(F)F. The molecule has 1 unspecified atom stereocenters. The number of alkyl halides is 2. The summed E-state index contributed by atoms with van der Waals surface area (Å²) in [5, 5.41) is 2.63. The molecular weight excluding hydrogens is 209 g/mol. The summed E-state index contributed by atoms with van der Waals surface area (Å²) < 4.78 is 25.5. The molecule has 0 aromatic heterocycles. The second kappa shape index (κ2) is 5.91. The summed E-state index contributed by atoms with van der Waals surface area (Å²) in [7, 11) is 0. The van der Waals surface area contributed by atoms with Crippen LogP contribution in [0.1, 0.15) is 6.42 Å². The van der Waals surface area contributed by atoms with E-state index in [2.05, 4.69) is 5.32 Å². The Bertz CT molecular complexity index is 124. The zero-order valence-corrected chi connectivity index (χ0v) is 8.19. The number of piperidine rings is 1. The Morgan fingerprint density at radius 3 is 2.33 bits per heavy atom. The first-order chi connectivity index (χ1) is 4.67. The molecule has 0 bridgehead atoms. The fourth-order valence-electron chi connectivity index (χ4n) is 1.18. The van der Waals surface area contributed by atoms with Crippen molar-refractivity contribution in [3.05, 3.63) is 0 Å². The topological polar surface area (TPSA) is 38.0 Å². The predicted molar refractivity (Wildman–Crippen MR) is 49.5 cm³/mol. The molecule has 2 nitrogen and oxygen atoms in total. The normalized spacial score (nSPS) is 26.8. The van der Waals surface area contributed by atoms with Crippen molar-refractivity contribution in [2.45, 2.75) is 12.3 Å². The molecule has 0 saturated carbocycles. The minimum atomic E-state index is -2.59. The quantitative estimate of drug-likeness (QED) is 0.696.